The summed E-state index contributed by atoms with van der Waals surface area (Å²) in [6.45, 7) is 6.69. The van der Waals surface area contributed by atoms with Crippen LogP contribution in [0.4, 0.5) is 0 Å². The minimum absolute atomic E-state index is 0.120. The molecule has 132 valence electrons. The molecule has 4 nitrogen and oxygen atoms in total. The number of carbonyl (C=O) groups is 1. The van der Waals surface area contributed by atoms with E-state index in [2.05, 4.69) is 31.2 Å². The lowest BCUT2D eigenvalue weighted by atomic mass is 10.2. The van der Waals surface area contributed by atoms with E-state index in [0.29, 0.717) is 0 Å². The largest absolute Gasteiger partial charge is 0.497 e. The smallest absolute Gasteiger partial charge is 0.247 e. The van der Waals surface area contributed by atoms with E-state index in [1.165, 1.54) is 15.3 Å². The molecular weight excluding hydrogens is 332 g/mol. The topological polar surface area (TPSA) is 34.0 Å². The number of ether oxygens (including phenoxy) is 1. The SMILES string of the molecule is COc1ccc(C[NH+]2CCN(C(=O)/C=C/c3ccc(C)s3)CC2)cc1. The number of amides is 1. The van der Waals surface area contributed by atoms with Crippen LogP contribution in [0.2, 0.25) is 0 Å². The number of methoxy groups -OCH3 is 1. The molecule has 2 heterocycles. The summed E-state index contributed by atoms with van der Waals surface area (Å²) in [5.41, 5.74) is 1.31. The monoisotopic (exact) mass is 357 g/mol. The number of benzene rings is 1. The number of thiophene rings is 1. The van der Waals surface area contributed by atoms with Gasteiger partial charge in [-0.15, -0.1) is 11.3 Å². The first-order valence-electron chi connectivity index (χ1n) is 8.64. The van der Waals surface area contributed by atoms with Gasteiger partial charge in [0.05, 0.1) is 33.3 Å². The summed E-state index contributed by atoms with van der Waals surface area (Å²) in [7, 11) is 1.69. The van der Waals surface area contributed by atoms with Gasteiger partial charge in [0.25, 0.3) is 0 Å². The fourth-order valence-electron chi connectivity index (χ4n) is 3.05. The van der Waals surface area contributed by atoms with Crippen molar-refractivity contribution in [3.63, 3.8) is 0 Å². The second kappa shape index (κ2) is 8.32. The first-order valence-corrected chi connectivity index (χ1v) is 9.45. The Morgan fingerprint density at radius 1 is 1.20 bits per heavy atom. The molecule has 0 atom stereocenters. The number of nitrogens with zero attached hydrogens (tertiary/aromatic N) is 1. The van der Waals surface area contributed by atoms with Crippen LogP contribution in [0.3, 0.4) is 0 Å². The number of rotatable bonds is 5. The molecule has 1 fully saturated rings. The van der Waals surface area contributed by atoms with E-state index in [1.807, 2.05) is 23.1 Å². The van der Waals surface area contributed by atoms with Crippen LogP contribution in [-0.4, -0.2) is 44.1 Å². The second-order valence-corrected chi connectivity index (χ2v) is 7.70. The number of aryl methyl sites for hydroxylation is 1. The quantitative estimate of drug-likeness (QED) is 0.831. The number of hydrogen-bond acceptors (Lipinski definition) is 3. The molecule has 1 saturated heterocycles. The maximum absolute atomic E-state index is 12.3. The molecule has 1 N–H and O–H groups in total. The summed E-state index contributed by atoms with van der Waals surface area (Å²) in [5.74, 6) is 1.01. The highest BCUT2D eigenvalue weighted by atomic mass is 32.1. The summed E-state index contributed by atoms with van der Waals surface area (Å²) >= 11 is 1.71. The van der Waals surface area contributed by atoms with Crippen molar-refractivity contribution in [2.24, 2.45) is 0 Å². The molecule has 5 heteroatoms. The van der Waals surface area contributed by atoms with Crippen LogP contribution >= 0.6 is 11.3 Å². The van der Waals surface area contributed by atoms with E-state index in [1.54, 1.807) is 24.5 Å². The van der Waals surface area contributed by atoms with Crippen LogP contribution in [0.15, 0.2) is 42.5 Å². The molecule has 25 heavy (non-hydrogen) atoms. The molecule has 0 saturated carbocycles. The average molecular weight is 357 g/mol. The van der Waals surface area contributed by atoms with Gasteiger partial charge in [-0.05, 0) is 49.4 Å². The van der Waals surface area contributed by atoms with Crippen molar-refractivity contribution in [2.45, 2.75) is 13.5 Å². The maximum atomic E-state index is 12.3. The van der Waals surface area contributed by atoms with Crippen molar-refractivity contribution < 1.29 is 14.4 Å². The number of nitrogens with one attached hydrogen (secondary N) is 1. The minimum atomic E-state index is 0.120. The van der Waals surface area contributed by atoms with Crippen LogP contribution in [0.5, 0.6) is 5.75 Å². The van der Waals surface area contributed by atoms with Gasteiger partial charge in [-0.1, -0.05) is 0 Å². The van der Waals surface area contributed by atoms with Gasteiger partial charge in [-0.3, -0.25) is 4.79 Å². The molecule has 0 radical (unpaired) electrons. The Labute approximate surface area is 153 Å². The Balaban J connectivity index is 1.47. The van der Waals surface area contributed by atoms with E-state index >= 15 is 0 Å². The Bertz CT molecular complexity index is 728. The fraction of sp³-hybridized carbons (Fsp3) is 0.350. The number of carbonyl (C=O) groups excluding carboxylic acids is 1. The zero-order valence-corrected chi connectivity index (χ0v) is 15.6. The minimum Gasteiger partial charge on any atom is -0.497 e. The lowest BCUT2D eigenvalue weighted by molar-refractivity contribution is -0.917. The Morgan fingerprint density at radius 3 is 2.52 bits per heavy atom. The summed E-state index contributed by atoms with van der Waals surface area (Å²) in [6.07, 6.45) is 3.64. The van der Waals surface area contributed by atoms with E-state index in [0.717, 1.165) is 43.4 Å². The molecule has 0 aliphatic carbocycles. The summed E-state index contributed by atoms with van der Waals surface area (Å²) in [6, 6.07) is 12.4. The zero-order chi connectivity index (χ0) is 17.6. The predicted octanol–water partition coefficient (Wildman–Crippen LogP) is 2.01. The summed E-state index contributed by atoms with van der Waals surface area (Å²) in [5, 5.41) is 0. The lowest BCUT2D eigenvalue weighted by Gasteiger charge is -2.31. The molecule has 2 aromatic rings. The van der Waals surface area contributed by atoms with Crippen molar-refractivity contribution in [1.82, 2.24) is 4.90 Å². The van der Waals surface area contributed by atoms with E-state index in [9.17, 15) is 4.79 Å². The zero-order valence-electron chi connectivity index (χ0n) is 14.8. The highest BCUT2D eigenvalue weighted by Gasteiger charge is 2.22. The second-order valence-electron chi connectivity index (χ2n) is 6.38. The van der Waals surface area contributed by atoms with Gasteiger partial charge < -0.3 is 14.5 Å². The van der Waals surface area contributed by atoms with Gasteiger partial charge in [0.2, 0.25) is 5.91 Å². The first-order chi connectivity index (χ1) is 12.1. The maximum Gasteiger partial charge on any atom is 0.247 e. The molecule has 1 aliphatic heterocycles. The number of piperazine rings is 1. The van der Waals surface area contributed by atoms with Gasteiger partial charge in [0, 0.05) is 21.4 Å². The van der Waals surface area contributed by atoms with Crippen molar-refractivity contribution in [1.29, 1.82) is 0 Å². The number of hydrogen-bond donors (Lipinski definition) is 1. The lowest BCUT2D eigenvalue weighted by Crippen LogP contribution is -3.13. The highest BCUT2D eigenvalue weighted by Crippen LogP contribution is 2.16. The van der Waals surface area contributed by atoms with Gasteiger partial charge in [0.15, 0.2) is 0 Å². The van der Waals surface area contributed by atoms with Crippen LogP contribution in [0.25, 0.3) is 6.08 Å². The third-order valence-electron chi connectivity index (χ3n) is 4.55. The van der Waals surface area contributed by atoms with E-state index < -0.39 is 0 Å². The van der Waals surface area contributed by atoms with Gasteiger partial charge in [0.1, 0.15) is 12.3 Å². The molecule has 0 unspecified atom stereocenters. The van der Waals surface area contributed by atoms with Crippen LogP contribution in [-0.2, 0) is 11.3 Å². The Hall–Kier alpha value is -2.11. The molecule has 0 bridgehead atoms. The standard InChI is InChI=1S/C20H24N2O2S/c1-16-3-8-19(25-16)9-10-20(23)22-13-11-21(12-14-22)15-17-4-6-18(24-2)7-5-17/h3-10H,11-15H2,1-2H3/p+1/b10-9+. The normalized spacial score (nSPS) is 15.7. The van der Waals surface area contributed by atoms with Crippen molar-refractivity contribution in [3.8, 4) is 5.75 Å². The van der Waals surface area contributed by atoms with Crippen LogP contribution in [0.1, 0.15) is 15.3 Å². The third-order valence-corrected chi connectivity index (χ3v) is 5.51. The van der Waals surface area contributed by atoms with E-state index in [4.69, 9.17) is 4.74 Å². The molecule has 1 aromatic carbocycles. The summed E-state index contributed by atoms with van der Waals surface area (Å²) in [4.78, 5) is 18.2. The fourth-order valence-corrected chi connectivity index (χ4v) is 3.83. The molecule has 1 aromatic heterocycles. The molecule has 1 aliphatic rings. The molecule has 0 spiro atoms. The predicted molar refractivity (Wildman–Crippen MR) is 102 cm³/mol. The highest BCUT2D eigenvalue weighted by molar-refractivity contribution is 7.12. The third kappa shape index (κ3) is 4.94. The van der Waals surface area contributed by atoms with Gasteiger partial charge >= 0.3 is 0 Å². The van der Waals surface area contributed by atoms with Crippen molar-refractivity contribution in [2.75, 3.05) is 33.3 Å². The molecule has 3 rings (SSSR count). The van der Waals surface area contributed by atoms with Gasteiger partial charge in [-0.2, -0.15) is 0 Å². The van der Waals surface area contributed by atoms with Gasteiger partial charge in [-0.25, -0.2) is 0 Å². The number of quaternary nitrogens is 1. The van der Waals surface area contributed by atoms with E-state index in [-0.39, 0.29) is 5.91 Å². The Kier molecular flexibility index (Phi) is 5.89. The first kappa shape index (κ1) is 17.7. The Morgan fingerprint density at radius 2 is 1.92 bits per heavy atom. The van der Waals surface area contributed by atoms with Crippen molar-refractivity contribution in [3.05, 3.63) is 57.8 Å². The van der Waals surface area contributed by atoms with Crippen LogP contribution in [0, 0.1) is 6.92 Å². The molecular formula is C20H25N2O2S+. The van der Waals surface area contributed by atoms with Crippen LogP contribution < -0.4 is 9.64 Å². The average Bonchev–Trinajstić information content (AvgIpc) is 3.06. The molecule has 1 amide bonds. The van der Waals surface area contributed by atoms with Crippen molar-refractivity contribution >= 4 is 23.3 Å². The summed E-state index contributed by atoms with van der Waals surface area (Å²) < 4.78 is 5.20.